The molecule has 7 heteroatoms. The molecule has 2 rings (SSSR count). The van der Waals surface area contributed by atoms with Crippen molar-refractivity contribution < 1.29 is 32.9 Å². The first-order valence-electron chi connectivity index (χ1n) is 5.69. The van der Waals surface area contributed by atoms with E-state index in [1.165, 1.54) is 30.3 Å². The Bertz CT molecular complexity index is 680. The first kappa shape index (κ1) is 14.7. The number of hydrogen-bond acceptors (Lipinski definition) is 3. The summed E-state index contributed by atoms with van der Waals surface area (Å²) in [5.74, 6) is -2.19. The van der Waals surface area contributed by atoms with E-state index in [-0.39, 0.29) is 22.4 Å². The Hall–Kier alpha value is -2.70. The summed E-state index contributed by atoms with van der Waals surface area (Å²) in [6, 6.07) is 8.55. The molecule has 0 atom stereocenters. The third-order valence-corrected chi connectivity index (χ3v) is 2.64. The van der Waals surface area contributed by atoms with Crippen LogP contribution in [0.3, 0.4) is 0 Å². The Morgan fingerprint density at radius 2 is 1.71 bits per heavy atom. The summed E-state index contributed by atoms with van der Waals surface area (Å²) in [5, 5.41) is 18.4. The van der Waals surface area contributed by atoms with Gasteiger partial charge in [0.15, 0.2) is 0 Å². The average Bonchev–Trinajstić information content (AvgIpc) is 2.37. The van der Waals surface area contributed by atoms with Crippen molar-refractivity contribution in [2.45, 2.75) is 6.36 Å². The molecule has 0 spiro atoms. The zero-order valence-corrected chi connectivity index (χ0v) is 10.4. The maximum absolute atomic E-state index is 12.4. The van der Waals surface area contributed by atoms with Crippen molar-refractivity contribution in [2.75, 3.05) is 0 Å². The highest BCUT2D eigenvalue weighted by atomic mass is 19.4. The second-order valence-corrected chi connectivity index (χ2v) is 4.08. The van der Waals surface area contributed by atoms with Crippen LogP contribution in [-0.2, 0) is 0 Å². The maximum atomic E-state index is 12.4. The summed E-state index contributed by atoms with van der Waals surface area (Å²) in [4.78, 5) is 11.2. The number of hydrogen-bond donors (Lipinski definition) is 2. The first-order chi connectivity index (χ1) is 9.78. The van der Waals surface area contributed by atoms with Gasteiger partial charge in [0, 0.05) is 11.1 Å². The molecule has 0 radical (unpaired) electrons. The van der Waals surface area contributed by atoms with Crippen LogP contribution in [0.25, 0.3) is 11.1 Å². The molecular formula is C14H9F3O4. The smallest absolute Gasteiger partial charge is 0.508 e. The fraction of sp³-hybridized carbons (Fsp3) is 0.0714. The van der Waals surface area contributed by atoms with Crippen LogP contribution in [0.1, 0.15) is 10.4 Å². The third kappa shape index (κ3) is 3.44. The lowest BCUT2D eigenvalue weighted by Crippen LogP contribution is -2.17. The van der Waals surface area contributed by atoms with Crippen LogP contribution in [0.4, 0.5) is 13.2 Å². The van der Waals surface area contributed by atoms with Crippen molar-refractivity contribution in [1.29, 1.82) is 0 Å². The van der Waals surface area contributed by atoms with E-state index < -0.39 is 18.1 Å². The second-order valence-electron chi connectivity index (χ2n) is 4.08. The van der Waals surface area contributed by atoms with E-state index in [4.69, 9.17) is 5.11 Å². The molecule has 0 heterocycles. The Morgan fingerprint density at radius 3 is 2.33 bits per heavy atom. The number of carboxylic acids is 1. The lowest BCUT2D eigenvalue weighted by atomic mass is 9.98. The van der Waals surface area contributed by atoms with E-state index in [1.807, 2.05) is 0 Å². The molecule has 0 saturated heterocycles. The van der Waals surface area contributed by atoms with Gasteiger partial charge in [-0.05, 0) is 24.3 Å². The van der Waals surface area contributed by atoms with Gasteiger partial charge in [0.25, 0.3) is 0 Å². The Labute approximate surface area is 117 Å². The molecule has 0 saturated carbocycles. The fourth-order valence-corrected chi connectivity index (χ4v) is 1.85. The van der Waals surface area contributed by atoms with Crippen molar-refractivity contribution in [2.24, 2.45) is 0 Å². The van der Waals surface area contributed by atoms with E-state index >= 15 is 0 Å². The van der Waals surface area contributed by atoms with Gasteiger partial charge < -0.3 is 14.9 Å². The molecule has 0 aliphatic rings. The normalized spacial score (nSPS) is 11.2. The number of aromatic carboxylic acids is 1. The van der Waals surface area contributed by atoms with Gasteiger partial charge in [-0.15, -0.1) is 13.2 Å². The number of halogens is 3. The molecule has 2 aromatic rings. The lowest BCUT2D eigenvalue weighted by molar-refractivity contribution is -0.274. The average molecular weight is 298 g/mol. The van der Waals surface area contributed by atoms with Crippen molar-refractivity contribution in [3.05, 3.63) is 48.0 Å². The third-order valence-electron chi connectivity index (χ3n) is 2.64. The van der Waals surface area contributed by atoms with Crippen molar-refractivity contribution >= 4 is 5.97 Å². The molecule has 0 aliphatic heterocycles. The lowest BCUT2D eigenvalue weighted by Gasteiger charge is -2.14. The largest absolute Gasteiger partial charge is 0.573 e. The van der Waals surface area contributed by atoms with Gasteiger partial charge in [0.1, 0.15) is 11.5 Å². The predicted molar refractivity (Wildman–Crippen MR) is 67.2 cm³/mol. The minimum atomic E-state index is -4.89. The van der Waals surface area contributed by atoms with Crippen molar-refractivity contribution in [1.82, 2.24) is 0 Å². The van der Waals surface area contributed by atoms with Crippen molar-refractivity contribution in [3.63, 3.8) is 0 Å². The van der Waals surface area contributed by atoms with E-state index in [2.05, 4.69) is 4.74 Å². The zero-order valence-electron chi connectivity index (χ0n) is 10.4. The van der Waals surface area contributed by atoms with Gasteiger partial charge in [-0.2, -0.15) is 0 Å². The Balaban J connectivity index is 2.60. The van der Waals surface area contributed by atoms with Crippen molar-refractivity contribution in [3.8, 4) is 22.6 Å². The molecular weight excluding hydrogens is 289 g/mol. The number of ether oxygens (including phenoxy) is 1. The summed E-state index contributed by atoms with van der Waals surface area (Å²) in [6.07, 6.45) is -4.89. The molecule has 110 valence electrons. The Kier molecular flexibility index (Phi) is 3.75. The van der Waals surface area contributed by atoms with Gasteiger partial charge >= 0.3 is 12.3 Å². The van der Waals surface area contributed by atoms with Gasteiger partial charge in [0.2, 0.25) is 0 Å². The fourth-order valence-electron chi connectivity index (χ4n) is 1.85. The van der Waals surface area contributed by atoms with Gasteiger partial charge in [-0.3, -0.25) is 0 Å². The highest BCUT2D eigenvalue weighted by molar-refractivity contribution is 5.97. The number of aromatic hydroxyl groups is 1. The molecule has 0 fully saturated rings. The molecule has 0 aliphatic carbocycles. The molecule has 2 N–H and O–H groups in total. The highest BCUT2D eigenvalue weighted by Gasteiger charge is 2.32. The summed E-state index contributed by atoms with van der Waals surface area (Å²) in [7, 11) is 0. The summed E-state index contributed by atoms with van der Waals surface area (Å²) in [6.45, 7) is 0. The number of phenols is 1. The molecule has 0 bridgehead atoms. The van der Waals surface area contributed by atoms with Gasteiger partial charge in [-0.1, -0.05) is 18.2 Å². The quantitative estimate of drug-likeness (QED) is 0.907. The molecule has 0 aromatic heterocycles. The standard InChI is InChI=1S/C14H9F3O4/c15-14(16,17)21-12-4-2-1-3-10(12)9-6-5-8(18)7-11(9)13(19)20/h1-7,18H,(H,19,20). The highest BCUT2D eigenvalue weighted by Crippen LogP contribution is 2.36. The van der Waals surface area contributed by atoms with Crippen LogP contribution in [0.2, 0.25) is 0 Å². The number of alkyl halides is 3. The Morgan fingerprint density at radius 1 is 1.05 bits per heavy atom. The monoisotopic (exact) mass is 298 g/mol. The molecule has 0 unspecified atom stereocenters. The van der Waals surface area contributed by atoms with Crippen LogP contribution in [-0.4, -0.2) is 22.5 Å². The van der Waals surface area contributed by atoms with Crippen LogP contribution in [0, 0.1) is 0 Å². The molecule has 2 aromatic carbocycles. The number of carboxylic acid groups (broad SMARTS) is 1. The zero-order chi connectivity index (χ0) is 15.6. The SMILES string of the molecule is O=C(O)c1cc(O)ccc1-c1ccccc1OC(F)(F)F. The maximum Gasteiger partial charge on any atom is 0.573 e. The minimum Gasteiger partial charge on any atom is -0.508 e. The minimum absolute atomic E-state index is 0.0140. The van der Waals surface area contributed by atoms with Crippen LogP contribution in [0.5, 0.6) is 11.5 Å². The molecule has 0 amide bonds. The van der Waals surface area contributed by atoms with E-state index in [0.717, 1.165) is 12.1 Å². The van der Waals surface area contributed by atoms with E-state index in [9.17, 15) is 23.1 Å². The number of phenolic OH excluding ortho intramolecular Hbond substituents is 1. The number of rotatable bonds is 3. The first-order valence-corrected chi connectivity index (χ1v) is 5.69. The van der Waals surface area contributed by atoms with E-state index in [0.29, 0.717) is 0 Å². The summed E-state index contributed by atoms with van der Waals surface area (Å²) >= 11 is 0. The van der Waals surface area contributed by atoms with Crippen LogP contribution < -0.4 is 4.74 Å². The number of benzene rings is 2. The van der Waals surface area contributed by atoms with Gasteiger partial charge in [0.05, 0.1) is 5.56 Å². The van der Waals surface area contributed by atoms with Crippen LogP contribution in [0.15, 0.2) is 42.5 Å². The topological polar surface area (TPSA) is 66.8 Å². The molecule has 21 heavy (non-hydrogen) atoms. The van der Waals surface area contributed by atoms with Gasteiger partial charge in [-0.25, -0.2) is 4.79 Å². The number of carbonyl (C=O) groups is 1. The van der Waals surface area contributed by atoms with Crippen LogP contribution >= 0.6 is 0 Å². The molecule has 4 nitrogen and oxygen atoms in total. The number of para-hydroxylation sites is 1. The van der Waals surface area contributed by atoms with E-state index in [1.54, 1.807) is 0 Å². The summed E-state index contributed by atoms with van der Waals surface area (Å²) < 4.78 is 41.0. The summed E-state index contributed by atoms with van der Waals surface area (Å²) in [5.41, 5.74) is -0.347. The predicted octanol–water partition coefficient (Wildman–Crippen LogP) is 3.66. The second kappa shape index (κ2) is 5.35.